The Morgan fingerprint density at radius 3 is 2.57 bits per heavy atom. The number of hydrogen-bond donors (Lipinski definition) is 2. The normalized spacial score (nSPS) is 44.5. The molecule has 0 aliphatic heterocycles. The number of allylic oxidation sites excluding steroid dienone is 5. The summed E-state index contributed by atoms with van der Waals surface area (Å²) >= 11 is 0. The fourth-order valence-corrected chi connectivity index (χ4v) is 8.79. The predicted molar refractivity (Wildman–Crippen MR) is 141 cm³/mol. The highest BCUT2D eigenvalue weighted by Gasteiger charge is 2.79. The first-order valence-corrected chi connectivity index (χ1v) is 14.1. The lowest BCUT2D eigenvalue weighted by molar-refractivity contribution is -0.247. The Labute approximate surface area is 221 Å². The van der Waals surface area contributed by atoms with Crippen molar-refractivity contribution in [3.63, 3.8) is 0 Å². The average molecular weight is 517 g/mol. The van der Waals surface area contributed by atoms with Crippen molar-refractivity contribution in [1.82, 2.24) is 0 Å². The second-order valence-corrected chi connectivity index (χ2v) is 12.9. The van der Waals surface area contributed by atoms with Gasteiger partial charge in [0.2, 0.25) is 5.78 Å². The Balaban J connectivity index is 1.62. The Morgan fingerprint density at radius 1 is 1.19 bits per heavy atom. The highest BCUT2D eigenvalue weighted by molar-refractivity contribution is 5.91. The van der Waals surface area contributed by atoms with Crippen molar-refractivity contribution in [1.29, 1.82) is 0 Å². The van der Waals surface area contributed by atoms with E-state index in [9.17, 15) is 19.8 Å². The molecule has 3 saturated carbocycles. The third-order valence-electron chi connectivity index (χ3n) is 11.1. The van der Waals surface area contributed by atoms with E-state index in [0.717, 1.165) is 30.4 Å². The number of alkyl halides is 1. The van der Waals surface area contributed by atoms with Gasteiger partial charge in [0.1, 0.15) is 5.60 Å². The first kappa shape index (κ1) is 28.2. The number of halogens is 1. The molecule has 0 saturated heterocycles. The van der Waals surface area contributed by atoms with Crippen LogP contribution in [-0.2, 0) is 14.3 Å². The highest BCUT2D eigenvalue weighted by atomic mass is 19.1. The summed E-state index contributed by atoms with van der Waals surface area (Å²) in [5.41, 5.74) is -4.82. The quantitative estimate of drug-likeness (QED) is 0.315. The monoisotopic (exact) mass is 516 g/mol. The molecule has 0 amide bonds. The number of carbonyl (C=O) groups is 2. The minimum Gasteiger partial charge on any atom is -0.458 e. The summed E-state index contributed by atoms with van der Waals surface area (Å²) in [7, 11) is 0. The third-order valence-corrected chi connectivity index (χ3v) is 11.1. The standard InChI is InChI=1S/C31H45FO5/c1-7-8-9-10-11-26(35)37-19-25(34)31(36)21(3)17-28(5)23-13-12-22-16-20(2)14-15-27(22,4)30(23,32)24(33)18-29(28,31)6/h14-16,21,23-24,33,36H,2,7-13,17-19H2,1,3-6H3/t21-,23+,24+,27+,28+,29+,30+,31+/m0/s1. The molecule has 0 unspecified atom stereocenters. The van der Waals surface area contributed by atoms with Crippen molar-refractivity contribution in [2.24, 2.45) is 28.1 Å². The van der Waals surface area contributed by atoms with E-state index in [-0.39, 0.29) is 12.8 Å². The van der Waals surface area contributed by atoms with Gasteiger partial charge in [-0.3, -0.25) is 9.59 Å². The molecule has 0 aromatic carbocycles. The summed E-state index contributed by atoms with van der Waals surface area (Å²) in [4.78, 5) is 25.8. The van der Waals surface area contributed by atoms with Gasteiger partial charge < -0.3 is 14.9 Å². The zero-order valence-corrected chi connectivity index (χ0v) is 23.2. The van der Waals surface area contributed by atoms with Crippen LogP contribution < -0.4 is 0 Å². The number of aliphatic hydroxyl groups is 2. The van der Waals surface area contributed by atoms with Gasteiger partial charge in [0.15, 0.2) is 12.3 Å². The lowest BCUT2D eigenvalue weighted by Crippen LogP contribution is -2.72. The maximum Gasteiger partial charge on any atom is 0.306 e. The number of aliphatic hydroxyl groups excluding tert-OH is 1. The molecule has 4 aliphatic rings. The molecule has 0 aromatic heterocycles. The topological polar surface area (TPSA) is 83.8 Å². The van der Waals surface area contributed by atoms with E-state index in [0.29, 0.717) is 25.7 Å². The summed E-state index contributed by atoms with van der Waals surface area (Å²) in [5, 5.41) is 23.7. The van der Waals surface area contributed by atoms with E-state index in [2.05, 4.69) is 13.5 Å². The zero-order valence-electron chi connectivity index (χ0n) is 23.2. The molecular weight excluding hydrogens is 471 g/mol. The number of rotatable bonds is 8. The van der Waals surface area contributed by atoms with Gasteiger partial charge in [-0.05, 0) is 55.9 Å². The minimum atomic E-state index is -1.94. The first-order valence-electron chi connectivity index (χ1n) is 14.1. The number of ether oxygens (including phenoxy) is 1. The van der Waals surface area contributed by atoms with Gasteiger partial charge in [0.05, 0.1) is 6.10 Å². The van der Waals surface area contributed by atoms with Crippen LogP contribution in [0.3, 0.4) is 0 Å². The number of esters is 1. The van der Waals surface area contributed by atoms with E-state index in [1.165, 1.54) is 0 Å². The van der Waals surface area contributed by atoms with Crippen LogP contribution in [0.25, 0.3) is 0 Å². The van der Waals surface area contributed by atoms with Gasteiger partial charge in [0, 0.05) is 23.2 Å². The zero-order chi connectivity index (χ0) is 27.4. The van der Waals surface area contributed by atoms with Gasteiger partial charge in [0.25, 0.3) is 0 Å². The second kappa shape index (κ2) is 9.44. The van der Waals surface area contributed by atoms with E-state index >= 15 is 4.39 Å². The molecule has 6 heteroatoms. The molecular formula is C31H45FO5. The number of fused-ring (bicyclic) bond motifs is 5. The van der Waals surface area contributed by atoms with Crippen LogP contribution in [0.1, 0.15) is 92.4 Å². The molecule has 4 rings (SSSR count). The van der Waals surface area contributed by atoms with Gasteiger partial charge in [-0.1, -0.05) is 77.3 Å². The maximum absolute atomic E-state index is 17.5. The summed E-state index contributed by atoms with van der Waals surface area (Å²) in [5.74, 6) is -2.03. The predicted octanol–water partition coefficient (Wildman–Crippen LogP) is 5.79. The van der Waals surface area contributed by atoms with Crippen molar-refractivity contribution in [2.45, 2.75) is 110 Å². The number of hydrogen-bond acceptors (Lipinski definition) is 5. The fraction of sp³-hybridized carbons (Fsp3) is 0.742. The molecule has 0 aromatic rings. The molecule has 206 valence electrons. The molecule has 5 nitrogen and oxygen atoms in total. The lowest BCUT2D eigenvalue weighted by atomic mass is 9.40. The van der Waals surface area contributed by atoms with Gasteiger partial charge in [-0.25, -0.2) is 4.39 Å². The maximum atomic E-state index is 17.5. The van der Waals surface area contributed by atoms with Crippen molar-refractivity contribution in [2.75, 3.05) is 6.61 Å². The molecule has 8 atom stereocenters. The van der Waals surface area contributed by atoms with Crippen LogP contribution in [0.4, 0.5) is 4.39 Å². The molecule has 4 aliphatic carbocycles. The largest absolute Gasteiger partial charge is 0.458 e. The number of unbranched alkanes of at least 4 members (excludes halogenated alkanes) is 3. The highest BCUT2D eigenvalue weighted by Crippen LogP contribution is 2.75. The summed E-state index contributed by atoms with van der Waals surface area (Å²) in [6.07, 6.45) is 9.82. The van der Waals surface area contributed by atoms with Gasteiger partial charge in [-0.15, -0.1) is 0 Å². The second-order valence-electron chi connectivity index (χ2n) is 12.9. The molecule has 0 radical (unpaired) electrons. The van der Waals surface area contributed by atoms with Crippen molar-refractivity contribution in [3.05, 3.63) is 36.0 Å². The summed E-state index contributed by atoms with van der Waals surface area (Å²) < 4.78 is 22.8. The van der Waals surface area contributed by atoms with Crippen molar-refractivity contribution in [3.8, 4) is 0 Å². The van der Waals surface area contributed by atoms with E-state index in [4.69, 9.17) is 4.74 Å². The molecule has 0 heterocycles. The molecule has 0 spiro atoms. The SMILES string of the molecule is C=C1C=C[C@]2(C)C(=C1)CC[C@H]1[C@@]2(F)[C@H](O)C[C@]2(C)[C@]1(C)C[C@H](C)[C@@]2(O)C(=O)COC(=O)CCCCCC. The molecule has 2 N–H and O–H groups in total. The van der Waals surface area contributed by atoms with Crippen molar-refractivity contribution >= 4 is 11.8 Å². The van der Waals surface area contributed by atoms with Crippen LogP contribution in [0.2, 0.25) is 0 Å². The lowest BCUT2D eigenvalue weighted by Gasteiger charge is -2.66. The fourth-order valence-electron chi connectivity index (χ4n) is 8.79. The molecule has 3 fully saturated rings. The minimum absolute atomic E-state index is 0.0499. The van der Waals surface area contributed by atoms with Crippen LogP contribution in [0.15, 0.2) is 36.0 Å². The third kappa shape index (κ3) is 3.76. The van der Waals surface area contributed by atoms with E-state index in [1.54, 1.807) is 0 Å². The van der Waals surface area contributed by atoms with E-state index in [1.807, 2.05) is 45.9 Å². The summed E-state index contributed by atoms with van der Waals surface area (Å²) in [6, 6.07) is 0. The van der Waals surface area contributed by atoms with Crippen LogP contribution >= 0.6 is 0 Å². The summed E-state index contributed by atoms with van der Waals surface area (Å²) in [6.45, 7) is 13.1. The Kier molecular flexibility index (Phi) is 7.20. The van der Waals surface area contributed by atoms with E-state index < -0.39 is 63.8 Å². The Hall–Kier alpha value is -1.79. The van der Waals surface area contributed by atoms with Crippen molar-refractivity contribution < 1.29 is 28.9 Å². The first-order chi connectivity index (χ1) is 17.2. The molecule has 37 heavy (non-hydrogen) atoms. The number of ketones is 1. The van der Waals surface area contributed by atoms with Crippen LogP contribution in [0, 0.1) is 28.1 Å². The Bertz CT molecular complexity index is 1030. The molecule has 0 bridgehead atoms. The Morgan fingerprint density at radius 2 is 1.89 bits per heavy atom. The van der Waals surface area contributed by atoms with Crippen LogP contribution in [0.5, 0.6) is 0 Å². The smallest absolute Gasteiger partial charge is 0.306 e. The number of carbonyl (C=O) groups excluding carboxylic acids is 2. The average Bonchev–Trinajstić information content (AvgIpc) is 2.99. The van der Waals surface area contributed by atoms with Crippen LogP contribution in [-0.4, -0.2) is 45.9 Å². The number of Topliss-reactive ketones (excluding diaryl/α,β-unsaturated/α-hetero) is 1. The van der Waals surface area contributed by atoms with Gasteiger partial charge >= 0.3 is 5.97 Å². The van der Waals surface area contributed by atoms with Gasteiger partial charge in [-0.2, -0.15) is 0 Å².